The van der Waals surface area contributed by atoms with Gasteiger partial charge < -0.3 is 9.73 Å². The number of hydrogen-bond acceptors (Lipinski definition) is 6. The van der Waals surface area contributed by atoms with Crippen LogP contribution in [0.5, 0.6) is 0 Å². The van der Waals surface area contributed by atoms with Crippen LogP contribution in [0.4, 0.5) is 5.69 Å². The van der Waals surface area contributed by atoms with E-state index in [2.05, 4.69) is 25.6 Å². The molecule has 8 heteroatoms. The first kappa shape index (κ1) is 16.8. The third kappa shape index (κ3) is 3.23. The minimum Gasteiger partial charge on any atom is -0.459 e. The van der Waals surface area contributed by atoms with Crippen LogP contribution in [0.1, 0.15) is 10.6 Å². The number of amides is 1. The van der Waals surface area contributed by atoms with Crippen molar-refractivity contribution in [1.29, 1.82) is 0 Å². The van der Waals surface area contributed by atoms with Gasteiger partial charge in [-0.1, -0.05) is 18.2 Å². The molecule has 0 spiro atoms. The van der Waals surface area contributed by atoms with E-state index in [9.17, 15) is 4.79 Å². The highest BCUT2D eigenvalue weighted by Gasteiger charge is 2.12. The highest BCUT2D eigenvalue weighted by Crippen LogP contribution is 2.22. The first-order valence-corrected chi connectivity index (χ1v) is 8.87. The van der Waals surface area contributed by atoms with E-state index in [-0.39, 0.29) is 11.7 Å². The van der Waals surface area contributed by atoms with Gasteiger partial charge in [-0.25, -0.2) is 0 Å². The van der Waals surface area contributed by atoms with Crippen molar-refractivity contribution in [2.75, 3.05) is 5.32 Å². The summed E-state index contributed by atoms with van der Waals surface area (Å²) in [7, 11) is 0. The van der Waals surface area contributed by atoms with Crippen molar-refractivity contribution < 1.29 is 9.21 Å². The molecule has 8 nitrogen and oxygen atoms in total. The van der Waals surface area contributed by atoms with E-state index >= 15 is 0 Å². The first-order chi connectivity index (χ1) is 14.3. The van der Waals surface area contributed by atoms with Crippen molar-refractivity contribution in [3.05, 3.63) is 85.0 Å². The Morgan fingerprint density at radius 3 is 2.55 bits per heavy atom. The van der Waals surface area contributed by atoms with Gasteiger partial charge in [-0.15, -0.1) is 10.2 Å². The second-order valence-corrected chi connectivity index (χ2v) is 6.24. The van der Waals surface area contributed by atoms with Gasteiger partial charge in [0.2, 0.25) is 5.82 Å². The Morgan fingerprint density at radius 1 is 0.897 bits per heavy atom. The molecule has 0 saturated heterocycles. The molecule has 0 aliphatic carbocycles. The van der Waals surface area contributed by atoms with Crippen molar-refractivity contribution >= 4 is 17.2 Å². The molecule has 5 rings (SSSR count). The number of carbonyl (C=O) groups excluding carboxylic acids is 1. The van der Waals surface area contributed by atoms with Crippen molar-refractivity contribution in [3.63, 3.8) is 0 Å². The van der Waals surface area contributed by atoms with Crippen LogP contribution in [0.25, 0.3) is 28.4 Å². The molecular formula is C21H14N6O2. The number of pyridine rings is 1. The van der Waals surface area contributed by atoms with Gasteiger partial charge in [0, 0.05) is 17.4 Å². The lowest BCUT2D eigenvalue weighted by Gasteiger charge is -2.06. The molecule has 0 bridgehead atoms. The van der Waals surface area contributed by atoms with Crippen LogP contribution >= 0.6 is 0 Å². The quantitative estimate of drug-likeness (QED) is 0.509. The van der Waals surface area contributed by atoms with E-state index in [1.807, 2.05) is 54.6 Å². The zero-order valence-corrected chi connectivity index (χ0v) is 15.1. The maximum Gasteiger partial charge on any atom is 0.291 e. The summed E-state index contributed by atoms with van der Waals surface area (Å²) in [6, 6.07) is 20.0. The number of hydrogen-bond donors (Lipinski definition) is 1. The molecule has 4 heterocycles. The summed E-state index contributed by atoms with van der Waals surface area (Å²) in [4.78, 5) is 16.4. The minimum absolute atomic E-state index is 0.260. The molecule has 140 valence electrons. The van der Waals surface area contributed by atoms with Crippen molar-refractivity contribution in [1.82, 2.24) is 24.8 Å². The number of nitrogens with one attached hydrogen (secondary N) is 1. The molecule has 4 aromatic heterocycles. The zero-order valence-electron chi connectivity index (χ0n) is 15.1. The van der Waals surface area contributed by atoms with Crippen LogP contribution in [0.2, 0.25) is 0 Å². The number of rotatable bonds is 4. The van der Waals surface area contributed by atoms with E-state index in [4.69, 9.17) is 4.42 Å². The van der Waals surface area contributed by atoms with Gasteiger partial charge in [0.05, 0.1) is 12.0 Å². The lowest BCUT2D eigenvalue weighted by molar-refractivity contribution is 0.0996. The second kappa shape index (κ2) is 7.01. The zero-order chi connectivity index (χ0) is 19.6. The molecule has 0 fully saturated rings. The molecule has 1 aromatic carbocycles. The maximum absolute atomic E-state index is 12.1. The van der Waals surface area contributed by atoms with Crippen molar-refractivity contribution in [2.45, 2.75) is 0 Å². The van der Waals surface area contributed by atoms with Gasteiger partial charge in [-0.2, -0.15) is 9.61 Å². The molecule has 29 heavy (non-hydrogen) atoms. The van der Waals surface area contributed by atoms with Gasteiger partial charge in [0.1, 0.15) is 5.69 Å². The third-order valence-corrected chi connectivity index (χ3v) is 4.34. The molecule has 0 saturated carbocycles. The van der Waals surface area contributed by atoms with Crippen LogP contribution in [0.15, 0.2) is 83.6 Å². The SMILES string of the molecule is O=C(Nc1ccc(-c2ccc3nnc(-c4ccccn4)n3n2)cc1)c1ccco1. The Morgan fingerprint density at radius 2 is 1.79 bits per heavy atom. The van der Waals surface area contributed by atoms with Crippen LogP contribution < -0.4 is 5.32 Å². The molecule has 0 radical (unpaired) electrons. The summed E-state index contributed by atoms with van der Waals surface area (Å²) >= 11 is 0. The number of nitrogens with zero attached hydrogens (tertiary/aromatic N) is 5. The monoisotopic (exact) mass is 382 g/mol. The third-order valence-electron chi connectivity index (χ3n) is 4.34. The molecular weight excluding hydrogens is 368 g/mol. The van der Waals surface area contributed by atoms with E-state index in [0.717, 1.165) is 11.3 Å². The van der Waals surface area contributed by atoms with E-state index < -0.39 is 0 Å². The van der Waals surface area contributed by atoms with Crippen molar-refractivity contribution in [3.8, 4) is 22.8 Å². The second-order valence-electron chi connectivity index (χ2n) is 6.24. The fourth-order valence-corrected chi connectivity index (χ4v) is 2.92. The smallest absolute Gasteiger partial charge is 0.291 e. The highest BCUT2D eigenvalue weighted by molar-refractivity contribution is 6.02. The van der Waals surface area contributed by atoms with E-state index in [1.54, 1.807) is 22.8 Å². The molecule has 0 atom stereocenters. The summed E-state index contributed by atoms with van der Waals surface area (Å²) in [6.45, 7) is 0. The predicted molar refractivity (Wildman–Crippen MR) is 106 cm³/mol. The largest absolute Gasteiger partial charge is 0.459 e. The fourth-order valence-electron chi connectivity index (χ4n) is 2.92. The maximum atomic E-state index is 12.1. The van der Waals surface area contributed by atoms with Crippen LogP contribution in [-0.4, -0.2) is 30.7 Å². The van der Waals surface area contributed by atoms with Gasteiger partial charge in [0.25, 0.3) is 5.91 Å². The van der Waals surface area contributed by atoms with Gasteiger partial charge >= 0.3 is 0 Å². The standard InChI is InChI=1S/C21H14N6O2/c28-21(18-5-3-13-29-18)23-15-8-6-14(7-9-15)16-10-11-19-24-25-20(27(19)26-16)17-4-1-2-12-22-17/h1-13H,(H,23,28). The van der Waals surface area contributed by atoms with Gasteiger partial charge in [-0.3, -0.25) is 9.78 Å². The molecule has 0 aliphatic heterocycles. The molecule has 1 amide bonds. The summed E-state index contributed by atoms with van der Waals surface area (Å²) in [5.41, 5.74) is 3.63. The Labute approximate surface area is 164 Å². The molecule has 5 aromatic rings. The highest BCUT2D eigenvalue weighted by atomic mass is 16.3. The lowest BCUT2D eigenvalue weighted by atomic mass is 10.1. The summed E-state index contributed by atoms with van der Waals surface area (Å²) in [6.07, 6.45) is 3.17. The van der Waals surface area contributed by atoms with Crippen molar-refractivity contribution in [2.24, 2.45) is 0 Å². The van der Waals surface area contributed by atoms with E-state index in [0.29, 0.717) is 22.9 Å². The minimum atomic E-state index is -0.299. The van der Waals surface area contributed by atoms with Crippen LogP contribution in [0, 0.1) is 0 Å². The van der Waals surface area contributed by atoms with E-state index in [1.165, 1.54) is 6.26 Å². The number of carbonyl (C=O) groups is 1. The predicted octanol–water partition coefficient (Wildman–Crippen LogP) is 3.70. The molecule has 0 aliphatic rings. The van der Waals surface area contributed by atoms with Crippen LogP contribution in [0.3, 0.4) is 0 Å². The van der Waals surface area contributed by atoms with Gasteiger partial charge in [0.15, 0.2) is 11.4 Å². The number of fused-ring (bicyclic) bond motifs is 1. The van der Waals surface area contributed by atoms with Crippen LogP contribution in [-0.2, 0) is 0 Å². The summed E-state index contributed by atoms with van der Waals surface area (Å²) < 4.78 is 6.77. The first-order valence-electron chi connectivity index (χ1n) is 8.87. The average Bonchev–Trinajstić information content (AvgIpc) is 3.45. The average molecular weight is 382 g/mol. The normalized spacial score (nSPS) is 10.9. The fraction of sp³-hybridized carbons (Fsp3) is 0. The summed E-state index contributed by atoms with van der Waals surface area (Å²) in [5.74, 6) is 0.535. The molecule has 0 unspecified atom stereocenters. The molecule has 1 N–H and O–H groups in total. The number of anilines is 1. The number of aromatic nitrogens is 5. The van der Waals surface area contributed by atoms with Gasteiger partial charge in [-0.05, 0) is 48.5 Å². The Hall–Kier alpha value is -4.33. The topological polar surface area (TPSA) is 98.2 Å². The lowest BCUT2D eigenvalue weighted by Crippen LogP contribution is -2.10. The summed E-state index contributed by atoms with van der Waals surface area (Å²) in [5, 5.41) is 15.8. The number of furan rings is 1. The Kier molecular flexibility index (Phi) is 4.06. The Balaban J connectivity index is 1.44. The Bertz CT molecular complexity index is 1280. The number of benzene rings is 1.